The second kappa shape index (κ2) is 4.41. The van der Waals surface area contributed by atoms with Crippen LogP contribution in [-0.4, -0.2) is 18.0 Å². The number of benzene rings is 1. The third kappa shape index (κ3) is 2.80. The zero-order valence-corrected chi connectivity index (χ0v) is 10.4. The Balaban J connectivity index is 2.12. The summed E-state index contributed by atoms with van der Waals surface area (Å²) in [5.74, 6) is 1.54. The molecule has 92 valence electrons. The molecule has 1 aromatic carbocycles. The highest BCUT2D eigenvalue weighted by Gasteiger charge is 2.19. The minimum Gasteiger partial charge on any atom is -0.454 e. The monoisotopic (exact) mass is 234 g/mol. The summed E-state index contributed by atoms with van der Waals surface area (Å²) in [5, 5.41) is 9.90. The summed E-state index contributed by atoms with van der Waals surface area (Å²) < 4.78 is 10.5. The Hall–Kier alpha value is -1.48. The average Bonchev–Trinajstić information content (AvgIpc) is 2.71. The molecule has 0 fully saturated rings. The van der Waals surface area contributed by atoms with Gasteiger partial charge in [0.1, 0.15) is 0 Å². The highest BCUT2D eigenvalue weighted by Crippen LogP contribution is 2.33. The van der Waals surface area contributed by atoms with Crippen LogP contribution in [0.5, 0.6) is 11.5 Å². The molecule has 0 saturated carbocycles. The fourth-order valence-electron chi connectivity index (χ4n) is 1.51. The van der Waals surface area contributed by atoms with E-state index in [4.69, 9.17) is 9.47 Å². The van der Waals surface area contributed by atoms with E-state index in [2.05, 4.69) is 0 Å². The van der Waals surface area contributed by atoms with Crippen molar-refractivity contribution >= 4 is 6.08 Å². The Kier molecular flexibility index (Phi) is 3.11. The molecule has 0 saturated heterocycles. The van der Waals surface area contributed by atoms with Gasteiger partial charge in [-0.05, 0) is 23.1 Å². The number of fused-ring (bicyclic) bond motifs is 1. The van der Waals surface area contributed by atoms with Gasteiger partial charge in [-0.25, -0.2) is 0 Å². The third-order valence-electron chi connectivity index (χ3n) is 2.75. The van der Waals surface area contributed by atoms with E-state index < -0.39 is 6.10 Å². The molecule has 1 aliphatic rings. The minimum absolute atomic E-state index is 0.146. The number of rotatable bonds is 2. The van der Waals surface area contributed by atoms with Gasteiger partial charge in [-0.2, -0.15) is 0 Å². The zero-order valence-electron chi connectivity index (χ0n) is 10.4. The lowest BCUT2D eigenvalue weighted by molar-refractivity contribution is 0.106. The summed E-state index contributed by atoms with van der Waals surface area (Å²) in [6, 6.07) is 5.74. The normalized spacial score (nSPS) is 16.5. The molecular weight excluding hydrogens is 216 g/mol. The van der Waals surface area contributed by atoms with Crippen molar-refractivity contribution in [3.05, 3.63) is 29.8 Å². The van der Waals surface area contributed by atoms with Crippen LogP contribution in [0.2, 0.25) is 0 Å². The highest BCUT2D eigenvalue weighted by molar-refractivity contribution is 5.56. The molecule has 1 heterocycles. The van der Waals surface area contributed by atoms with Crippen molar-refractivity contribution in [1.82, 2.24) is 0 Å². The second-order valence-corrected chi connectivity index (χ2v) is 5.28. The van der Waals surface area contributed by atoms with Crippen LogP contribution in [0.25, 0.3) is 6.08 Å². The first kappa shape index (κ1) is 12.0. The second-order valence-electron chi connectivity index (χ2n) is 5.28. The highest BCUT2D eigenvalue weighted by atomic mass is 16.7. The van der Waals surface area contributed by atoms with Crippen LogP contribution < -0.4 is 9.47 Å². The first-order valence-corrected chi connectivity index (χ1v) is 5.73. The van der Waals surface area contributed by atoms with E-state index >= 15 is 0 Å². The summed E-state index contributed by atoms with van der Waals surface area (Å²) in [6.07, 6.45) is 3.24. The fourth-order valence-corrected chi connectivity index (χ4v) is 1.51. The molecule has 3 heteroatoms. The summed E-state index contributed by atoms with van der Waals surface area (Å²) >= 11 is 0. The molecule has 1 atom stereocenters. The maximum absolute atomic E-state index is 9.90. The number of hydrogen-bond donors (Lipinski definition) is 1. The number of ether oxygens (including phenoxy) is 2. The molecule has 0 radical (unpaired) electrons. The van der Waals surface area contributed by atoms with Gasteiger partial charge < -0.3 is 14.6 Å². The molecule has 0 aromatic heterocycles. The molecule has 0 aliphatic carbocycles. The maximum Gasteiger partial charge on any atom is 0.231 e. The fraction of sp³-hybridized carbons (Fsp3) is 0.429. The zero-order chi connectivity index (χ0) is 12.5. The van der Waals surface area contributed by atoms with E-state index in [1.807, 2.05) is 45.0 Å². The van der Waals surface area contributed by atoms with Gasteiger partial charge in [0, 0.05) is 0 Å². The Labute approximate surface area is 102 Å². The van der Waals surface area contributed by atoms with Crippen molar-refractivity contribution in [2.24, 2.45) is 5.41 Å². The number of aliphatic hydroxyl groups excluding tert-OH is 1. The summed E-state index contributed by atoms with van der Waals surface area (Å²) in [5.41, 5.74) is 0.852. The molecular formula is C14H18O3. The topological polar surface area (TPSA) is 38.7 Å². The van der Waals surface area contributed by atoms with E-state index in [1.54, 1.807) is 6.08 Å². The van der Waals surface area contributed by atoms with Crippen LogP contribution in [0, 0.1) is 5.41 Å². The van der Waals surface area contributed by atoms with Gasteiger partial charge in [0.25, 0.3) is 0 Å². The van der Waals surface area contributed by atoms with E-state index in [0.717, 1.165) is 17.1 Å². The lowest BCUT2D eigenvalue weighted by atomic mass is 9.89. The quantitative estimate of drug-likeness (QED) is 0.855. The summed E-state index contributed by atoms with van der Waals surface area (Å²) in [6.45, 7) is 6.29. The minimum atomic E-state index is -0.465. The van der Waals surface area contributed by atoms with Crippen LogP contribution in [0.1, 0.15) is 26.3 Å². The van der Waals surface area contributed by atoms with E-state index in [9.17, 15) is 5.11 Å². The van der Waals surface area contributed by atoms with Crippen LogP contribution in [0.3, 0.4) is 0 Å². The Bertz CT molecular complexity index is 430. The molecule has 0 amide bonds. The number of aliphatic hydroxyl groups is 1. The van der Waals surface area contributed by atoms with Crippen molar-refractivity contribution in [3.8, 4) is 11.5 Å². The maximum atomic E-state index is 9.90. The predicted molar refractivity (Wildman–Crippen MR) is 67.1 cm³/mol. The van der Waals surface area contributed by atoms with Crippen LogP contribution >= 0.6 is 0 Å². The Morgan fingerprint density at radius 3 is 2.65 bits per heavy atom. The van der Waals surface area contributed by atoms with E-state index in [1.165, 1.54) is 0 Å². The first-order chi connectivity index (χ1) is 7.97. The lowest BCUT2D eigenvalue weighted by Gasteiger charge is -2.22. The lowest BCUT2D eigenvalue weighted by Crippen LogP contribution is -2.23. The van der Waals surface area contributed by atoms with E-state index in [-0.39, 0.29) is 12.2 Å². The molecule has 1 N–H and O–H groups in total. The molecule has 17 heavy (non-hydrogen) atoms. The SMILES string of the molecule is CC(C)(C)[C@H](O)/C=C\c1ccc2c(c1)OCO2. The molecule has 0 spiro atoms. The van der Waals surface area contributed by atoms with Crippen molar-refractivity contribution in [1.29, 1.82) is 0 Å². The van der Waals surface area contributed by atoms with Crippen molar-refractivity contribution in [2.75, 3.05) is 6.79 Å². The van der Waals surface area contributed by atoms with Gasteiger partial charge >= 0.3 is 0 Å². The molecule has 0 unspecified atom stereocenters. The largest absolute Gasteiger partial charge is 0.454 e. The summed E-state index contributed by atoms with van der Waals surface area (Å²) in [7, 11) is 0. The molecule has 2 rings (SSSR count). The number of hydrogen-bond acceptors (Lipinski definition) is 3. The Morgan fingerprint density at radius 2 is 1.94 bits per heavy atom. The van der Waals surface area contributed by atoms with Crippen molar-refractivity contribution in [3.63, 3.8) is 0 Å². The molecule has 3 nitrogen and oxygen atoms in total. The third-order valence-corrected chi connectivity index (χ3v) is 2.75. The van der Waals surface area contributed by atoms with E-state index in [0.29, 0.717) is 0 Å². The van der Waals surface area contributed by atoms with Gasteiger partial charge in [0.05, 0.1) is 6.10 Å². The smallest absolute Gasteiger partial charge is 0.231 e. The predicted octanol–water partition coefficient (Wildman–Crippen LogP) is 2.84. The van der Waals surface area contributed by atoms with Crippen LogP contribution in [0.4, 0.5) is 0 Å². The van der Waals surface area contributed by atoms with Crippen LogP contribution in [0.15, 0.2) is 24.3 Å². The van der Waals surface area contributed by atoms with Crippen molar-refractivity contribution in [2.45, 2.75) is 26.9 Å². The molecule has 0 bridgehead atoms. The standard InChI is InChI=1S/C14H18O3/c1-14(2,3)13(15)7-5-10-4-6-11-12(8-10)17-9-16-11/h4-8,13,15H,9H2,1-3H3/b7-5-/t13-/m1/s1. The van der Waals surface area contributed by atoms with Gasteiger partial charge in [0.2, 0.25) is 6.79 Å². The summed E-state index contributed by atoms with van der Waals surface area (Å²) in [4.78, 5) is 0. The molecule has 1 aliphatic heterocycles. The average molecular weight is 234 g/mol. The molecule has 1 aromatic rings. The Morgan fingerprint density at radius 1 is 1.24 bits per heavy atom. The van der Waals surface area contributed by atoms with Gasteiger partial charge in [-0.1, -0.05) is 39.0 Å². The van der Waals surface area contributed by atoms with Gasteiger partial charge in [-0.3, -0.25) is 0 Å². The van der Waals surface area contributed by atoms with Gasteiger partial charge in [-0.15, -0.1) is 0 Å². The van der Waals surface area contributed by atoms with Crippen LogP contribution in [-0.2, 0) is 0 Å². The first-order valence-electron chi connectivity index (χ1n) is 5.73. The van der Waals surface area contributed by atoms with Gasteiger partial charge in [0.15, 0.2) is 11.5 Å². The van der Waals surface area contributed by atoms with Crippen molar-refractivity contribution < 1.29 is 14.6 Å².